The molecule has 9 nitrogen and oxygen atoms in total. The maximum absolute atomic E-state index is 12.4. The van der Waals surface area contributed by atoms with E-state index in [4.69, 9.17) is 0 Å². The van der Waals surface area contributed by atoms with Crippen molar-refractivity contribution in [3.05, 3.63) is 59.0 Å². The first-order valence-electron chi connectivity index (χ1n) is 8.24. The van der Waals surface area contributed by atoms with E-state index in [1.165, 1.54) is 6.20 Å². The molecule has 4 aromatic rings. The Labute approximate surface area is 148 Å². The number of aryl methyl sites for hydroxylation is 1. The molecule has 9 heteroatoms. The minimum atomic E-state index is -0.231. The lowest BCUT2D eigenvalue weighted by molar-refractivity contribution is 0.679. The van der Waals surface area contributed by atoms with Crippen LogP contribution in [0.15, 0.2) is 47.7 Å². The number of para-hydroxylation sites is 1. The third kappa shape index (κ3) is 2.83. The second-order valence-electron chi connectivity index (χ2n) is 6.13. The van der Waals surface area contributed by atoms with Gasteiger partial charge in [0.25, 0.3) is 5.56 Å². The van der Waals surface area contributed by atoms with Crippen molar-refractivity contribution in [2.45, 2.75) is 12.8 Å². The molecule has 3 heterocycles. The van der Waals surface area contributed by atoms with E-state index in [9.17, 15) is 4.79 Å². The Hall–Kier alpha value is -3.49. The minimum Gasteiger partial charge on any atom is -0.355 e. The van der Waals surface area contributed by atoms with Crippen molar-refractivity contribution < 1.29 is 0 Å². The number of rotatable bonds is 5. The van der Waals surface area contributed by atoms with E-state index in [-0.39, 0.29) is 11.5 Å². The number of aromatic amines is 1. The number of nitrogens with one attached hydrogen (secondary N) is 2. The molecular weight excluding hydrogens is 332 g/mol. The van der Waals surface area contributed by atoms with E-state index in [2.05, 4.69) is 30.6 Å². The van der Waals surface area contributed by atoms with Crippen molar-refractivity contribution in [1.29, 1.82) is 0 Å². The van der Waals surface area contributed by atoms with Gasteiger partial charge in [-0.1, -0.05) is 25.1 Å². The summed E-state index contributed by atoms with van der Waals surface area (Å²) in [6.45, 7) is 2.59. The Morgan fingerprint density at radius 1 is 1.27 bits per heavy atom. The standard InChI is InChI=1S/C17H18N8O/c1-11(14-23-19-10-24(14)2)8-18-17-21-15-13(16(26)22-17)9-20-25(15)12-6-4-3-5-7-12/h3-7,9-11H,8H2,1-2H3,(H2,18,21,22,26)/t11-/m0/s1. The van der Waals surface area contributed by atoms with Crippen molar-refractivity contribution in [1.82, 2.24) is 34.5 Å². The van der Waals surface area contributed by atoms with Crippen LogP contribution in [0.4, 0.5) is 5.95 Å². The zero-order valence-electron chi connectivity index (χ0n) is 14.4. The third-order valence-electron chi connectivity index (χ3n) is 4.20. The lowest BCUT2D eigenvalue weighted by atomic mass is 10.1. The molecule has 4 rings (SSSR count). The Kier molecular flexibility index (Phi) is 3.96. The Bertz CT molecular complexity index is 1090. The van der Waals surface area contributed by atoms with Gasteiger partial charge in [-0.3, -0.25) is 9.78 Å². The molecule has 0 unspecified atom stereocenters. The summed E-state index contributed by atoms with van der Waals surface area (Å²) in [5.74, 6) is 1.35. The van der Waals surface area contributed by atoms with Crippen molar-refractivity contribution in [3.63, 3.8) is 0 Å². The van der Waals surface area contributed by atoms with E-state index < -0.39 is 0 Å². The quantitative estimate of drug-likeness (QED) is 0.564. The average molecular weight is 350 g/mol. The van der Waals surface area contributed by atoms with Crippen LogP contribution in [0.2, 0.25) is 0 Å². The summed E-state index contributed by atoms with van der Waals surface area (Å²) in [5.41, 5.74) is 1.12. The second kappa shape index (κ2) is 6.43. The van der Waals surface area contributed by atoms with Crippen LogP contribution in [-0.4, -0.2) is 41.1 Å². The summed E-state index contributed by atoms with van der Waals surface area (Å²) in [5, 5.41) is 15.9. The van der Waals surface area contributed by atoms with Gasteiger partial charge >= 0.3 is 0 Å². The molecule has 26 heavy (non-hydrogen) atoms. The molecule has 132 valence electrons. The van der Waals surface area contributed by atoms with Crippen LogP contribution in [0.25, 0.3) is 16.7 Å². The van der Waals surface area contributed by atoms with Crippen LogP contribution in [-0.2, 0) is 7.05 Å². The van der Waals surface area contributed by atoms with E-state index in [0.717, 1.165) is 11.5 Å². The van der Waals surface area contributed by atoms with E-state index >= 15 is 0 Å². The summed E-state index contributed by atoms with van der Waals surface area (Å²) >= 11 is 0. The Morgan fingerprint density at radius 2 is 2.08 bits per heavy atom. The average Bonchev–Trinajstić information content (AvgIpc) is 3.27. The molecule has 0 bridgehead atoms. The molecule has 0 aliphatic heterocycles. The molecule has 0 aliphatic rings. The molecule has 0 saturated heterocycles. The fourth-order valence-corrected chi connectivity index (χ4v) is 2.84. The fraction of sp³-hybridized carbons (Fsp3) is 0.235. The van der Waals surface area contributed by atoms with Gasteiger partial charge in [0.2, 0.25) is 5.95 Å². The predicted molar refractivity (Wildman–Crippen MR) is 97.4 cm³/mol. The largest absolute Gasteiger partial charge is 0.355 e. The van der Waals surface area contributed by atoms with Crippen molar-refractivity contribution in [2.75, 3.05) is 11.9 Å². The lowest BCUT2D eigenvalue weighted by Gasteiger charge is -2.12. The summed E-state index contributed by atoms with van der Waals surface area (Å²) in [7, 11) is 1.90. The first-order chi connectivity index (χ1) is 12.6. The molecule has 1 atom stereocenters. The molecule has 0 fully saturated rings. The summed E-state index contributed by atoms with van der Waals surface area (Å²) in [6, 6.07) is 9.59. The number of benzene rings is 1. The van der Waals surface area contributed by atoms with Gasteiger partial charge in [0, 0.05) is 19.5 Å². The molecule has 0 amide bonds. The fourth-order valence-electron chi connectivity index (χ4n) is 2.84. The molecule has 0 saturated carbocycles. The second-order valence-corrected chi connectivity index (χ2v) is 6.13. The number of fused-ring (bicyclic) bond motifs is 1. The third-order valence-corrected chi connectivity index (χ3v) is 4.20. The molecule has 0 spiro atoms. The van der Waals surface area contributed by atoms with Crippen LogP contribution in [0.5, 0.6) is 0 Å². The summed E-state index contributed by atoms with van der Waals surface area (Å²) < 4.78 is 3.53. The number of H-pyrrole nitrogens is 1. The van der Waals surface area contributed by atoms with Gasteiger partial charge in [-0.25, -0.2) is 4.68 Å². The molecule has 1 aromatic carbocycles. The van der Waals surface area contributed by atoms with Crippen LogP contribution in [0.3, 0.4) is 0 Å². The maximum Gasteiger partial charge on any atom is 0.263 e. The highest BCUT2D eigenvalue weighted by Gasteiger charge is 2.14. The highest BCUT2D eigenvalue weighted by atomic mass is 16.1. The number of aromatic nitrogens is 7. The van der Waals surface area contributed by atoms with E-state index in [0.29, 0.717) is 23.5 Å². The van der Waals surface area contributed by atoms with Gasteiger partial charge < -0.3 is 9.88 Å². The van der Waals surface area contributed by atoms with Crippen molar-refractivity contribution in [3.8, 4) is 5.69 Å². The first-order valence-corrected chi connectivity index (χ1v) is 8.24. The highest BCUT2D eigenvalue weighted by Crippen LogP contribution is 2.16. The van der Waals surface area contributed by atoms with Gasteiger partial charge in [0.15, 0.2) is 5.65 Å². The first kappa shape index (κ1) is 16.0. The van der Waals surface area contributed by atoms with Crippen LogP contribution in [0.1, 0.15) is 18.7 Å². The summed E-state index contributed by atoms with van der Waals surface area (Å²) in [6.07, 6.45) is 3.19. The summed E-state index contributed by atoms with van der Waals surface area (Å²) in [4.78, 5) is 19.7. The molecule has 3 aromatic heterocycles. The predicted octanol–water partition coefficient (Wildman–Crippen LogP) is 1.45. The van der Waals surface area contributed by atoms with Crippen LogP contribution >= 0.6 is 0 Å². The zero-order chi connectivity index (χ0) is 18.1. The van der Waals surface area contributed by atoms with Crippen LogP contribution < -0.4 is 10.9 Å². The number of nitrogens with zero attached hydrogens (tertiary/aromatic N) is 6. The Balaban J connectivity index is 1.64. The smallest absolute Gasteiger partial charge is 0.263 e. The molecular formula is C17H18N8O. The van der Waals surface area contributed by atoms with Crippen molar-refractivity contribution in [2.24, 2.45) is 7.05 Å². The van der Waals surface area contributed by atoms with E-state index in [1.54, 1.807) is 11.0 Å². The van der Waals surface area contributed by atoms with Gasteiger partial charge in [0.05, 0.1) is 11.9 Å². The lowest BCUT2D eigenvalue weighted by Crippen LogP contribution is -2.18. The Morgan fingerprint density at radius 3 is 2.81 bits per heavy atom. The number of hydrogen-bond acceptors (Lipinski definition) is 6. The SMILES string of the molecule is C[C@@H](CNc1nc2c(cnn2-c2ccccc2)c(=O)[nH]1)c1nncn1C. The van der Waals surface area contributed by atoms with Gasteiger partial charge in [0.1, 0.15) is 17.5 Å². The topological polar surface area (TPSA) is 106 Å². The maximum atomic E-state index is 12.4. The number of anilines is 1. The highest BCUT2D eigenvalue weighted by molar-refractivity contribution is 5.76. The van der Waals surface area contributed by atoms with Gasteiger partial charge in [-0.2, -0.15) is 10.1 Å². The monoisotopic (exact) mass is 350 g/mol. The number of hydrogen-bond donors (Lipinski definition) is 2. The molecule has 2 N–H and O–H groups in total. The van der Waals surface area contributed by atoms with Crippen molar-refractivity contribution >= 4 is 17.0 Å². The molecule has 0 aliphatic carbocycles. The minimum absolute atomic E-state index is 0.0996. The van der Waals surface area contributed by atoms with E-state index in [1.807, 2.05) is 48.9 Å². The zero-order valence-corrected chi connectivity index (χ0v) is 14.4. The molecule has 0 radical (unpaired) electrons. The van der Waals surface area contributed by atoms with Crippen LogP contribution in [0, 0.1) is 0 Å². The normalized spacial score (nSPS) is 12.4. The van der Waals surface area contributed by atoms with Gasteiger partial charge in [-0.05, 0) is 12.1 Å². The van der Waals surface area contributed by atoms with Gasteiger partial charge in [-0.15, -0.1) is 10.2 Å².